The molecule has 0 aromatic carbocycles. The monoisotopic (exact) mass is 225 g/mol. The number of halogens is 1. The van der Waals surface area contributed by atoms with Gasteiger partial charge in [0.25, 0.3) is 0 Å². The van der Waals surface area contributed by atoms with Gasteiger partial charge in [-0.1, -0.05) is 19.3 Å². The van der Waals surface area contributed by atoms with Crippen molar-refractivity contribution in [3.05, 3.63) is 0 Å². The average Bonchev–Trinajstić information content (AvgIpc) is 1.94. The molecular weight excluding hydrogens is 210 g/mol. The summed E-state index contributed by atoms with van der Waals surface area (Å²) in [6.07, 6.45) is 4.80. The summed E-state index contributed by atoms with van der Waals surface area (Å²) < 4.78 is 24.8. The van der Waals surface area contributed by atoms with Gasteiger partial charge in [0.1, 0.15) is 0 Å². The van der Waals surface area contributed by atoms with E-state index >= 15 is 0 Å². The summed E-state index contributed by atoms with van der Waals surface area (Å²) in [6.45, 7) is 0.573. The number of alkyl halides is 1. The summed E-state index contributed by atoms with van der Waals surface area (Å²) in [6, 6.07) is 0. The Morgan fingerprint density at radius 1 is 1.38 bits per heavy atom. The zero-order valence-corrected chi connectivity index (χ0v) is 9.20. The van der Waals surface area contributed by atoms with E-state index in [2.05, 4.69) is 4.72 Å². The highest BCUT2D eigenvalue weighted by molar-refractivity contribution is 7.89. The summed E-state index contributed by atoms with van der Waals surface area (Å²) >= 11 is 5.35. The molecule has 0 bridgehead atoms. The van der Waals surface area contributed by atoms with Gasteiger partial charge in [0, 0.05) is 12.4 Å². The Labute approximate surface area is 84.9 Å². The minimum Gasteiger partial charge on any atom is -0.215 e. The van der Waals surface area contributed by atoms with Gasteiger partial charge >= 0.3 is 0 Å². The third-order valence-corrected chi connectivity index (χ3v) is 4.24. The summed E-state index contributed by atoms with van der Waals surface area (Å²) in [5.74, 6) is 0.941. The van der Waals surface area contributed by atoms with Gasteiger partial charge in [-0.3, -0.25) is 0 Å². The molecule has 3 nitrogen and oxygen atoms in total. The minimum atomic E-state index is -3.09. The fraction of sp³-hybridized carbons (Fsp3) is 1.00. The molecule has 1 N–H and O–H groups in total. The molecule has 13 heavy (non-hydrogen) atoms. The van der Waals surface area contributed by atoms with Crippen LogP contribution in [0.25, 0.3) is 0 Å². The predicted molar refractivity (Wildman–Crippen MR) is 54.5 cm³/mol. The fourth-order valence-corrected chi connectivity index (χ4v) is 2.76. The zero-order chi connectivity index (χ0) is 9.73. The van der Waals surface area contributed by atoms with Crippen LogP contribution < -0.4 is 4.72 Å². The highest BCUT2D eigenvalue weighted by Crippen LogP contribution is 2.28. The third-order valence-electron chi connectivity index (χ3n) is 2.45. The Hall–Kier alpha value is 0.200. The standard InChI is InChI=1S/C8H16ClNO2S/c9-5-7-13(11,12)10-6-4-8-2-1-3-8/h8,10H,1-7H2. The smallest absolute Gasteiger partial charge is 0.212 e. The van der Waals surface area contributed by atoms with Gasteiger partial charge in [-0.25, -0.2) is 13.1 Å². The largest absolute Gasteiger partial charge is 0.215 e. The predicted octanol–water partition coefficient (Wildman–Crippen LogP) is 1.33. The van der Waals surface area contributed by atoms with Crippen molar-refractivity contribution in [1.82, 2.24) is 4.72 Å². The van der Waals surface area contributed by atoms with E-state index in [0.717, 1.165) is 12.3 Å². The lowest BCUT2D eigenvalue weighted by Gasteiger charge is -2.24. The van der Waals surface area contributed by atoms with Gasteiger partial charge in [0.05, 0.1) is 5.75 Å². The first-order valence-corrected chi connectivity index (χ1v) is 6.86. The van der Waals surface area contributed by atoms with E-state index in [1.807, 2.05) is 0 Å². The Balaban J connectivity index is 2.09. The van der Waals surface area contributed by atoms with Crippen molar-refractivity contribution in [2.24, 2.45) is 5.92 Å². The lowest BCUT2D eigenvalue weighted by Crippen LogP contribution is -2.30. The Morgan fingerprint density at radius 3 is 2.54 bits per heavy atom. The van der Waals surface area contributed by atoms with E-state index in [0.29, 0.717) is 6.54 Å². The summed E-state index contributed by atoms with van der Waals surface area (Å²) in [4.78, 5) is 0. The molecule has 0 spiro atoms. The van der Waals surface area contributed by atoms with E-state index in [4.69, 9.17) is 11.6 Å². The van der Waals surface area contributed by atoms with Crippen molar-refractivity contribution in [2.75, 3.05) is 18.2 Å². The fourth-order valence-electron chi connectivity index (χ4n) is 1.37. The Bertz CT molecular complexity index is 237. The minimum absolute atomic E-state index is 0.0270. The maximum atomic E-state index is 11.1. The van der Waals surface area contributed by atoms with Crippen LogP contribution in [0.3, 0.4) is 0 Å². The second-order valence-electron chi connectivity index (χ2n) is 3.49. The van der Waals surface area contributed by atoms with E-state index in [-0.39, 0.29) is 11.6 Å². The first-order valence-electron chi connectivity index (χ1n) is 4.67. The molecule has 1 saturated carbocycles. The van der Waals surface area contributed by atoms with Crippen LogP contribution >= 0.6 is 11.6 Å². The lowest BCUT2D eigenvalue weighted by atomic mass is 9.83. The van der Waals surface area contributed by atoms with Gasteiger partial charge < -0.3 is 0 Å². The highest BCUT2D eigenvalue weighted by atomic mass is 35.5. The first-order chi connectivity index (χ1) is 6.14. The molecule has 0 heterocycles. The van der Waals surface area contributed by atoms with Crippen LogP contribution in [0.5, 0.6) is 0 Å². The number of sulfonamides is 1. The van der Waals surface area contributed by atoms with E-state index in [9.17, 15) is 8.42 Å². The van der Waals surface area contributed by atoms with Gasteiger partial charge in [0.2, 0.25) is 10.0 Å². The second-order valence-corrected chi connectivity index (χ2v) is 5.79. The highest BCUT2D eigenvalue weighted by Gasteiger charge is 2.17. The van der Waals surface area contributed by atoms with E-state index in [1.54, 1.807) is 0 Å². The van der Waals surface area contributed by atoms with Crippen LogP contribution in [-0.2, 0) is 10.0 Å². The molecular formula is C8H16ClNO2S. The van der Waals surface area contributed by atoms with Crippen LogP contribution in [0, 0.1) is 5.92 Å². The van der Waals surface area contributed by atoms with Gasteiger partial charge in [-0.05, 0) is 12.3 Å². The normalized spacial score (nSPS) is 18.5. The lowest BCUT2D eigenvalue weighted by molar-refractivity contribution is 0.297. The molecule has 1 aliphatic rings. The molecule has 5 heteroatoms. The average molecular weight is 226 g/mol. The third kappa shape index (κ3) is 4.29. The number of nitrogens with one attached hydrogen (secondary N) is 1. The molecule has 0 atom stereocenters. The summed E-state index contributed by atoms with van der Waals surface area (Å²) in [7, 11) is -3.09. The van der Waals surface area contributed by atoms with E-state index in [1.165, 1.54) is 19.3 Å². The number of hydrogen-bond acceptors (Lipinski definition) is 2. The molecule has 0 saturated heterocycles. The summed E-state index contributed by atoms with van der Waals surface area (Å²) in [5.41, 5.74) is 0. The summed E-state index contributed by atoms with van der Waals surface area (Å²) in [5, 5.41) is 0. The van der Waals surface area contributed by atoms with Crippen LogP contribution in [0.15, 0.2) is 0 Å². The van der Waals surface area contributed by atoms with Crippen molar-refractivity contribution in [3.8, 4) is 0 Å². The van der Waals surface area contributed by atoms with Crippen molar-refractivity contribution < 1.29 is 8.42 Å². The topological polar surface area (TPSA) is 46.2 Å². The number of rotatable bonds is 6. The van der Waals surface area contributed by atoms with Crippen LogP contribution in [-0.4, -0.2) is 26.6 Å². The molecule has 0 unspecified atom stereocenters. The Morgan fingerprint density at radius 2 is 2.08 bits per heavy atom. The van der Waals surface area contributed by atoms with Gasteiger partial charge in [0.15, 0.2) is 0 Å². The molecule has 0 aromatic heterocycles. The first kappa shape index (κ1) is 11.3. The molecule has 0 aromatic rings. The maximum Gasteiger partial charge on any atom is 0.212 e. The second kappa shape index (κ2) is 5.17. The Kier molecular flexibility index (Phi) is 4.49. The molecule has 0 amide bonds. The van der Waals surface area contributed by atoms with Crippen molar-refractivity contribution in [3.63, 3.8) is 0 Å². The van der Waals surface area contributed by atoms with Crippen LogP contribution in [0.4, 0.5) is 0 Å². The van der Waals surface area contributed by atoms with Crippen LogP contribution in [0.2, 0.25) is 0 Å². The van der Waals surface area contributed by atoms with Crippen molar-refractivity contribution in [1.29, 1.82) is 0 Å². The van der Waals surface area contributed by atoms with E-state index < -0.39 is 10.0 Å². The SMILES string of the molecule is O=S(=O)(CCCl)NCCC1CCC1. The molecule has 1 rings (SSSR count). The molecule has 0 radical (unpaired) electrons. The number of hydrogen-bond donors (Lipinski definition) is 1. The van der Waals surface area contributed by atoms with Crippen LogP contribution in [0.1, 0.15) is 25.7 Å². The zero-order valence-electron chi connectivity index (χ0n) is 7.63. The molecule has 1 aliphatic carbocycles. The molecule has 1 fully saturated rings. The molecule has 0 aliphatic heterocycles. The quantitative estimate of drug-likeness (QED) is 0.694. The maximum absolute atomic E-state index is 11.1. The van der Waals surface area contributed by atoms with Gasteiger partial charge in [-0.15, -0.1) is 11.6 Å². The van der Waals surface area contributed by atoms with Crippen molar-refractivity contribution >= 4 is 21.6 Å². The molecule has 78 valence electrons. The van der Waals surface area contributed by atoms with Crippen molar-refractivity contribution in [2.45, 2.75) is 25.7 Å². The van der Waals surface area contributed by atoms with Gasteiger partial charge in [-0.2, -0.15) is 0 Å².